The fraction of sp³-hybridized carbons (Fsp3) is 0.389. The van der Waals surface area contributed by atoms with Crippen LogP contribution in [-0.2, 0) is 14.3 Å². The van der Waals surface area contributed by atoms with Crippen molar-refractivity contribution >= 4 is 35.1 Å². The zero-order chi connectivity index (χ0) is 20.0. The minimum absolute atomic E-state index is 0.0413. The van der Waals surface area contributed by atoms with E-state index in [0.717, 1.165) is 6.42 Å². The van der Waals surface area contributed by atoms with Crippen LogP contribution in [0.4, 0.5) is 5.69 Å². The molecule has 27 heavy (non-hydrogen) atoms. The van der Waals surface area contributed by atoms with E-state index in [0.29, 0.717) is 17.8 Å². The third-order valence-electron chi connectivity index (χ3n) is 3.97. The topological polar surface area (TPSA) is 108 Å². The highest BCUT2D eigenvalue weighted by atomic mass is 35.5. The molecule has 1 aliphatic heterocycles. The summed E-state index contributed by atoms with van der Waals surface area (Å²) in [6.45, 7) is 2.41. The van der Waals surface area contributed by atoms with Crippen LogP contribution in [0.3, 0.4) is 0 Å². The molecule has 0 atom stereocenters. The molecular weight excluding hydrogens is 374 g/mol. The van der Waals surface area contributed by atoms with E-state index >= 15 is 0 Å². The maximum Gasteiger partial charge on any atom is 0.337 e. The molecule has 1 aromatic carbocycles. The predicted molar refractivity (Wildman–Crippen MR) is 100 cm³/mol. The summed E-state index contributed by atoms with van der Waals surface area (Å²) in [6.07, 6.45) is 0.805. The number of rotatable bonds is 8. The second-order valence-corrected chi connectivity index (χ2v) is 6.28. The first kappa shape index (κ1) is 20.7. The molecule has 0 bridgehead atoms. The lowest BCUT2D eigenvalue weighted by atomic mass is 10.1. The van der Waals surface area contributed by atoms with Gasteiger partial charge >= 0.3 is 5.97 Å². The van der Waals surface area contributed by atoms with Crippen molar-refractivity contribution in [2.45, 2.75) is 13.3 Å². The molecule has 0 saturated carbocycles. The molecule has 1 aromatic rings. The minimum atomic E-state index is -0.632. The lowest BCUT2D eigenvalue weighted by Crippen LogP contribution is -2.31. The smallest absolute Gasteiger partial charge is 0.337 e. The van der Waals surface area contributed by atoms with Crippen LogP contribution in [0.1, 0.15) is 23.7 Å². The van der Waals surface area contributed by atoms with Gasteiger partial charge in [-0.1, -0.05) is 18.5 Å². The van der Waals surface area contributed by atoms with E-state index in [1.54, 1.807) is 12.1 Å². The van der Waals surface area contributed by atoms with Crippen molar-refractivity contribution in [1.82, 2.24) is 10.2 Å². The third kappa shape index (κ3) is 4.78. The fourth-order valence-corrected chi connectivity index (χ4v) is 2.87. The van der Waals surface area contributed by atoms with Gasteiger partial charge in [-0.15, -0.1) is 0 Å². The number of methoxy groups -OCH3 is 1. The molecule has 1 aliphatic rings. The van der Waals surface area contributed by atoms with Crippen LogP contribution >= 0.6 is 11.6 Å². The molecule has 0 spiro atoms. The van der Waals surface area contributed by atoms with E-state index in [4.69, 9.17) is 21.4 Å². The lowest BCUT2D eigenvalue weighted by molar-refractivity contribution is -0.136. The van der Waals surface area contributed by atoms with E-state index in [1.165, 1.54) is 18.1 Å². The fourth-order valence-electron chi connectivity index (χ4n) is 2.60. The molecule has 0 saturated heterocycles. The maximum atomic E-state index is 12.5. The second-order valence-electron chi connectivity index (χ2n) is 5.87. The van der Waals surface area contributed by atoms with Gasteiger partial charge in [0.05, 0.1) is 36.4 Å². The second kappa shape index (κ2) is 9.38. The molecule has 0 aromatic heterocycles. The summed E-state index contributed by atoms with van der Waals surface area (Å²) in [4.78, 5) is 37.9. The maximum absolute atomic E-state index is 12.5. The van der Waals surface area contributed by atoms with Gasteiger partial charge in [0.15, 0.2) is 0 Å². The van der Waals surface area contributed by atoms with E-state index in [9.17, 15) is 14.4 Å². The van der Waals surface area contributed by atoms with Crippen LogP contribution in [0, 0.1) is 0 Å². The highest BCUT2D eigenvalue weighted by molar-refractivity contribution is 6.34. The number of esters is 1. The molecule has 0 radical (unpaired) electrons. The molecule has 2 rings (SSSR count). The van der Waals surface area contributed by atoms with Crippen molar-refractivity contribution in [3.8, 4) is 0 Å². The molecule has 0 unspecified atom stereocenters. The minimum Gasteiger partial charge on any atom is -0.466 e. The Balaban J connectivity index is 2.25. The van der Waals surface area contributed by atoms with Gasteiger partial charge < -0.3 is 25.4 Å². The molecule has 9 heteroatoms. The molecule has 2 amide bonds. The Morgan fingerprint density at radius 1 is 1.37 bits per heavy atom. The summed E-state index contributed by atoms with van der Waals surface area (Å²) >= 11 is 6.19. The van der Waals surface area contributed by atoms with E-state index in [-0.39, 0.29) is 41.9 Å². The SMILES string of the molecule is CCCNC(=O)c1ccc(NC2=C(C(=O)OC)CN(CCO)C2=O)cc1Cl. The third-order valence-corrected chi connectivity index (χ3v) is 4.28. The monoisotopic (exact) mass is 395 g/mol. The van der Waals surface area contributed by atoms with E-state index in [1.807, 2.05) is 6.92 Å². The number of benzene rings is 1. The van der Waals surface area contributed by atoms with Gasteiger partial charge in [0.1, 0.15) is 5.70 Å². The zero-order valence-electron chi connectivity index (χ0n) is 15.2. The molecule has 1 heterocycles. The molecule has 8 nitrogen and oxygen atoms in total. The molecule has 146 valence electrons. The summed E-state index contributed by atoms with van der Waals surface area (Å²) < 4.78 is 4.73. The number of hydrogen-bond donors (Lipinski definition) is 3. The molecule has 0 fully saturated rings. The number of nitrogens with zero attached hydrogens (tertiary/aromatic N) is 1. The van der Waals surface area contributed by atoms with Crippen LogP contribution in [-0.4, -0.2) is 61.1 Å². The van der Waals surface area contributed by atoms with Gasteiger partial charge in [0, 0.05) is 18.8 Å². The normalized spacial score (nSPS) is 13.8. The van der Waals surface area contributed by atoms with Crippen LogP contribution in [0.5, 0.6) is 0 Å². The van der Waals surface area contributed by atoms with Gasteiger partial charge in [-0.2, -0.15) is 0 Å². The number of hydrogen-bond acceptors (Lipinski definition) is 6. The van der Waals surface area contributed by atoms with Crippen LogP contribution in [0.25, 0.3) is 0 Å². The highest BCUT2D eigenvalue weighted by Crippen LogP contribution is 2.26. The zero-order valence-corrected chi connectivity index (χ0v) is 15.9. The number of carbonyl (C=O) groups is 3. The number of amides is 2. The Hall–Kier alpha value is -2.58. The lowest BCUT2D eigenvalue weighted by Gasteiger charge is -2.15. The van der Waals surface area contributed by atoms with Crippen LogP contribution in [0.2, 0.25) is 5.02 Å². The number of anilines is 1. The van der Waals surface area contributed by atoms with Gasteiger partial charge in [-0.25, -0.2) is 4.79 Å². The van der Waals surface area contributed by atoms with Crippen molar-refractivity contribution in [1.29, 1.82) is 0 Å². The number of β-amino-alcohol motifs (C(OH)–C–C–N with tert-alkyl or cyclic N) is 1. The van der Waals surface area contributed by atoms with Crippen molar-refractivity contribution in [2.24, 2.45) is 0 Å². The van der Waals surface area contributed by atoms with Crippen LogP contribution < -0.4 is 10.6 Å². The average molecular weight is 396 g/mol. The van der Waals surface area contributed by atoms with Crippen molar-refractivity contribution in [2.75, 3.05) is 38.7 Å². The number of halogens is 1. The summed E-state index contributed by atoms with van der Waals surface area (Å²) in [5.74, 6) is -1.34. The van der Waals surface area contributed by atoms with Crippen molar-refractivity contribution < 1.29 is 24.2 Å². The van der Waals surface area contributed by atoms with Crippen LogP contribution in [0.15, 0.2) is 29.5 Å². The Kier molecular flexibility index (Phi) is 7.20. The number of ether oxygens (including phenoxy) is 1. The molecular formula is C18H22ClN3O5. The first-order valence-corrected chi connectivity index (χ1v) is 8.87. The summed E-state index contributed by atoms with van der Waals surface area (Å²) in [6, 6.07) is 4.64. The van der Waals surface area contributed by atoms with Gasteiger partial charge in [-0.05, 0) is 24.6 Å². The Morgan fingerprint density at radius 3 is 2.70 bits per heavy atom. The summed E-state index contributed by atoms with van der Waals surface area (Å²) in [5.41, 5.74) is 0.992. The van der Waals surface area contributed by atoms with E-state index in [2.05, 4.69) is 10.6 Å². The number of carbonyl (C=O) groups excluding carboxylic acids is 3. The Bertz CT molecular complexity index is 778. The number of aliphatic hydroxyl groups excluding tert-OH is 1. The Morgan fingerprint density at radius 2 is 2.11 bits per heavy atom. The van der Waals surface area contributed by atoms with Gasteiger partial charge in [0.2, 0.25) is 0 Å². The predicted octanol–water partition coefficient (Wildman–Crippen LogP) is 1.15. The number of nitrogens with one attached hydrogen (secondary N) is 2. The van der Waals surface area contributed by atoms with Crippen molar-refractivity contribution in [3.63, 3.8) is 0 Å². The standard InChI is InChI=1S/C18H22ClN3O5/c1-3-6-20-16(24)12-5-4-11(9-14(12)19)21-15-13(18(26)27-2)10-22(7-8-23)17(15)25/h4-5,9,21,23H,3,6-8,10H2,1-2H3,(H,20,24). The van der Waals surface area contributed by atoms with E-state index < -0.39 is 11.9 Å². The Labute approximate surface area is 162 Å². The molecule has 3 N–H and O–H groups in total. The quantitative estimate of drug-likeness (QED) is 0.570. The average Bonchev–Trinajstić information content (AvgIpc) is 2.95. The summed E-state index contributed by atoms with van der Waals surface area (Å²) in [7, 11) is 1.23. The number of aliphatic hydroxyl groups is 1. The van der Waals surface area contributed by atoms with Gasteiger partial charge in [-0.3, -0.25) is 9.59 Å². The first-order valence-electron chi connectivity index (χ1n) is 8.49. The van der Waals surface area contributed by atoms with Crippen molar-refractivity contribution in [3.05, 3.63) is 40.1 Å². The highest BCUT2D eigenvalue weighted by Gasteiger charge is 2.34. The van der Waals surface area contributed by atoms with Gasteiger partial charge in [0.25, 0.3) is 11.8 Å². The first-order chi connectivity index (χ1) is 12.9. The largest absolute Gasteiger partial charge is 0.466 e. The molecule has 0 aliphatic carbocycles. The summed E-state index contributed by atoms with van der Waals surface area (Å²) in [5, 5.41) is 14.9.